The molecule has 8 nitrogen and oxygen atoms in total. The molecule has 0 amide bonds. The normalized spacial score (nSPS) is 48.4. The van der Waals surface area contributed by atoms with E-state index in [2.05, 4.69) is 0 Å². The Morgan fingerprint density at radius 1 is 1.11 bits per heavy atom. The van der Waals surface area contributed by atoms with Gasteiger partial charge >= 0.3 is 5.97 Å². The van der Waals surface area contributed by atoms with Gasteiger partial charge in [0.2, 0.25) is 0 Å². The van der Waals surface area contributed by atoms with Crippen LogP contribution in [0.2, 0.25) is 0 Å². The highest BCUT2D eigenvalue weighted by Crippen LogP contribution is 2.71. The zero-order chi connectivity index (χ0) is 26.5. The molecule has 0 unspecified atom stereocenters. The number of aliphatic hydroxyl groups excluding tert-OH is 1. The first-order chi connectivity index (χ1) is 16.6. The fraction of sp³-hybridized carbons (Fsp3) is 0.786. The average Bonchev–Trinajstić information content (AvgIpc) is 3.03. The Morgan fingerprint density at radius 3 is 2.44 bits per heavy atom. The number of aliphatic hydroxyl groups is 5. The van der Waals surface area contributed by atoms with Crippen molar-refractivity contribution in [1.29, 1.82) is 0 Å². The van der Waals surface area contributed by atoms with E-state index in [0.717, 1.165) is 18.4 Å². The molecule has 8 heteroatoms. The number of Topliss-reactive ketones (excluding diaryl/α,β-unsaturated/α-hetero) is 1. The second-order valence-corrected chi connectivity index (χ2v) is 12.6. The van der Waals surface area contributed by atoms with E-state index in [1.165, 1.54) is 6.92 Å². The van der Waals surface area contributed by atoms with Gasteiger partial charge in [0, 0.05) is 24.2 Å². The average molecular weight is 505 g/mol. The number of hydrogen-bond acceptors (Lipinski definition) is 8. The third kappa shape index (κ3) is 2.77. The Hall–Kier alpha value is -1.58. The number of ether oxygens (including phenoxy) is 1. The number of carbonyl (C=O) groups excluding carboxylic acids is 2. The van der Waals surface area contributed by atoms with Gasteiger partial charge in [-0.3, -0.25) is 4.79 Å². The molecule has 1 aliphatic heterocycles. The summed E-state index contributed by atoms with van der Waals surface area (Å²) in [6.45, 7) is 6.25. The van der Waals surface area contributed by atoms with Crippen LogP contribution in [0.3, 0.4) is 0 Å². The van der Waals surface area contributed by atoms with E-state index in [1.54, 1.807) is 13.8 Å². The van der Waals surface area contributed by atoms with E-state index in [-0.39, 0.29) is 43.5 Å². The van der Waals surface area contributed by atoms with Gasteiger partial charge in [-0.05, 0) is 65.7 Å². The molecule has 0 aromatic carbocycles. The van der Waals surface area contributed by atoms with Crippen molar-refractivity contribution in [2.75, 3.05) is 6.61 Å². The monoisotopic (exact) mass is 504 g/mol. The Morgan fingerprint density at radius 2 is 1.81 bits per heavy atom. The van der Waals surface area contributed by atoms with Crippen molar-refractivity contribution >= 4 is 11.8 Å². The summed E-state index contributed by atoms with van der Waals surface area (Å²) in [5.41, 5.74) is -7.70. The summed E-state index contributed by atoms with van der Waals surface area (Å²) in [6.07, 6.45) is 3.92. The second kappa shape index (κ2) is 7.73. The van der Waals surface area contributed by atoms with Crippen LogP contribution in [0, 0.1) is 16.7 Å². The van der Waals surface area contributed by atoms with E-state index in [9.17, 15) is 35.1 Å². The standard InChI is InChI=1S/C28H40O8/c1-16-14-21(36-22(31)18(16)15-29)25(4,32)27(34)12-13-28(35)23(27,2)10-9-19-24(3)17(6-5-7-20(24)30)8-11-26(19,28)33/h8,19,21,29,32-35H,5-7,9-15H2,1-4H3/t19-,21-,23-,24+,25+,26+,27+,28+/m1/s1. The number of esters is 1. The van der Waals surface area contributed by atoms with E-state index >= 15 is 0 Å². The number of fused-ring (bicyclic) bond motifs is 5. The summed E-state index contributed by atoms with van der Waals surface area (Å²) in [5.74, 6) is -1.14. The highest BCUT2D eigenvalue weighted by atomic mass is 16.6. The molecule has 4 aliphatic carbocycles. The second-order valence-electron chi connectivity index (χ2n) is 12.6. The lowest BCUT2D eigenvalue weighted by molar-refractivity contribution is -0.315. The minimum absolute atomic E-state index is 0.00701. The lowest BCUT2D eigenvalue weighted by Gasteiger charge is -2.66. The minimum atomic E-state index is -1.95. The highest BCUT2D eigenvalue weighted by molar-refractivity contribution is 5.91. The van der Waals surface area contributed by atoms with Gasteiger partial charge in [0.15, 0.2) is 0 Å². The van der Waals surface area contributed by atoms with Crippen LogP contribution in [0.15, 0.2) is 22.8 Å². The van der Waals surface area contributed by atoms with Gasteiger partial charge in [-0.15, -0.1) is 0 Å². The molecule has 5 aliphatic rings. The molecule has 0 bridgehead atoms. The van der Waals surface area contributed by atoms with Crippen LogP contribution >= 0.6 is 0 Å². The van der Waals surface area contributed by atoms with Gasteiger partial charge in [-0.25, -0.2) is 4.79 Å². The topological polar surface area (TPSA) is 145 Å². The zero-order valence-corrected chi connectivity index (χ0v) is 21.8. The zero-order valence-electron chi connectivity index (χ0n) is 21.8. The smallest absolute Gasteiger partial charge is 0.336 e. The van der Waals surface area contributed by atoms with Gasteiger partial charge in [0.25, 0.3) is 0 Å². The summed E-state index contributed by atoms with van der Waals surface area (Å²) in [6, 6.07) is 0. The molecule has 0 spiro atoms. The van der Waals surface area contributed by atoms with Gasteiger partial charge in [-0.2, -0.15) is 0 Å². The summed E-state index contributed by atoms with van der Waals surface area (Å²) < 4.78 is 5.53. The quantitative estimate of drug-likeness (QED) is 0.289. The summed E-state index contributed by atoms with van der Waals surface area (Å²) in [5, 5.41) is 58.4. The minimum Gasteiger partial charge on any atom is -0.455 e. The number of hydrogen-bond donors (Lipinski definition) is 5. The maximum absolute atomic E-state index is 13.2. The molecular weight excluding hydrogens is 464 g/mol. The largest absolute Gasteiger partial charge is 0.455 e. The van der Waals surface area contributed by atoms with Crippen LogP contribution in [0.4, 0.5) is 0 Å². The first-order valence-electron chi connectivity index (χ1n) is 13.3. The fourth-order valence-electron chi connectivity index (χ4n) is 8.96. The first kappa shape index (κ1) is 26.0. The Balaban J connectivity index is 1.56. The van der Waals surface area contributed by atoms with Crippen LogP contribution in [-0.2, 0) is 14.3 Å². The summed E-state index contributed by atoms with van der Waals surface area (Å²) in [4.78, 5) is 25.8. The van der Waals surface area contributed by atoms with Gasteiger partial charge in [0.1, 0.15) is 34.3 Å². The molecule has 3 saturated carbocycles. The summed E-state index contributed by atoms with van der Waals surface area (Å²) in [7, 11) is 0. The maximum Gasteiger partial charge on any atom is 0.336 e. The number of rotatable bonds is 3. The van der Waals surface area contributed by atoms with Crippen molar-refractivity contribution in [3.05, 3.63) is 22.8 Å². The van der Waals surface area contributed by atoms with E-state index < -0.39 is 57.8 Å². The molecule has 0 aromatic heterocycles. The highest BCUT2D eigenvalue weighted by Gasteiger charge is 2.80. The number of allylic oxidation sites excluding steroid dienone is 1. The fourth-order valence-corrected chi connectivity index (χ4v) is 8.96. The number of carbonyl (C=O) groups is 2. The third-order valence-electron chi connectivity index (χ3n) is 11.5. The van der Waals surface area contributed by atoms with Crippen LogP contribution in [-0.4, -0.2) is 72.4 Å². The molecule has 1 heterocycles. The van der Waals surface area contributed by atoms with Gasteiger partial charge in [0.05, 0.1) is 17.6 Å². The van der Waals surface area contributed by atoms with Gasteiger partial charge in [-0.1, -0.05) is 24.1 Å². The molecular formula is C28H40O8. The summed E-state index contributed by atoms with van der Waals surface area (Å²) >= 11 is 0. The van der Waals surface area contributed by atoms with Crippen molar-refractivity contribution < 1.29 is 39.9 Å². The van der Waals surface area contributed by atoms with Crippen LogP contribution in [0.5, 0.6) is 0 Å². The van der Waals surface area contributed by atoms with Crippen molar-refractivity contribution in [3.63, 3.8) is 0 Å². The molecule has 200 valence electrons. The third-order valence-corrected chi connectivity index (χ3v) is 11.5. The van der Waals surface area contributed by atoms with Crippen molar-refractivity contribution in [2.45, 2.75) is 114 Å². The molecule has 0 radical (unpaired) electrons. The van der Waals surface area contributed by atoms with E-state index in [1.807, 2.05) is 13.0 Å². The van der Waals surface area contributed by atoms with Gasteiger partial charge < -0.3 is 30.3 Å². The predicted octanol–water partition coefficient (Wildman–Crippen LogP) is 1.85. The number of cyclic esters (lactones) is 1. The molecule has 3 fully saturated rings. The van der Waals surface area contributed by atoms with Crippen LogP contribution < -0.4 is 0 Å². The molecule has 0 saturated heterocycles. The van der Waals surface area contributed by atoms with E-state index in [0.29, 0.717) is 18.4 Å². The van der Waals surface area contributed by atoms with E-state index in [4.69, 9.17) is 4.74 Å². The molecule has 8 atom stereocenters. The lowest BCUT2D eigenvalue weighted by atomic mass is 9.42. The Kier molecular flexibility index (Phi) is 5.59. The van der Waals surface area contributed by atoms with Crippen LogP contribution in [0.25, 0.3) is 0 Å². The molecule has 0 aromatic rings. The SMILES string of the molecule is CC1=C(CO)C(=O)O[C@@H]([C@](C)(O)[C@]2(O)CC[C@]3(O)[C@]2(C)CC[C@@H]2[C@@]4(C)C(=O)CCCC4=CC[C@]23O)C1. The van der Waals surface area contributed by atoms with Crippen molar-refractivity contribution in [2.24, 2.45) is 16.7 Å². The molecule has 5 rings (SSSR count). The molecule has 36 heavy (non-hydrogen) atoms. The molecule has 5 N–H and O–H groups in total. The van der Waals surface area contributed by atoms with Crippen molar-refractivity contribution in [3.8, 4) is 0 Å². The predicted molar refractivity (Wildman–Crippen MR) is 129 cm³/mol. The van der Waals surface area contributed by atoms with Crippen molar-refractivity contribution in [1.82, 2.24) is 0 Å². The Labute approximate surface area is 212 Å². The van der Waals surface area contributed by atoms with Crippen LogP contribution in [0.1, 0.15) is 85.5 Å². The number of ketones is 1. The Bertz CT molecular complexity index is 1080. The maximum atomic E-state index is 13.2. The first-order valence-corrected chi connectivity index (χ1v) is 13.3. The lowest BCUT2D eigenvalue weighted by Crippen LogP contribution is -2.77.